The molecule has 0 atom stereocenters. The number of carbonyl (C=O) groups excluding carboxylic acids is 1. The van der Waals surface area contributed by atoms with Crippen LogP contribution in [0.25, 0.3) is 10.8 Å². The molecule has 3 N–H and O–H groups in total. The first-order valence-corrected chi connectivity index (χ1v) is 5.37. The average molecular weight is 229 g/mol. The fourth-order valence-electron chi connectivity index (χ4n) is 1.73. The highest BCUT2D eigenvalue weighted by atomic mass is 16.2. The maximum absolute atomic E-state index is 12.0. The van der Waals surface area contributed by atoms with Gasteiger partial charge in [0, 0.05) is 19.8 Å². The van der Waals surface area contributed by atoms with Crippen LogP contribution in [0, 0.1) is 0 Å². The van der Waals surface area contributed by atoms with Crippen molar-refractivity contribution in [2.45, 2.75) is 0 Å². The van der Waals surface area contributed by atoms with Crippen LogP contribution < -0.4 is 11.2 Å². The number of nitrogen functional groups attached to an aromatic ring is 1. The Morgan fingerprint density at radius 3 is 2.41 bits per heavy atom. The minimum atomic E-state index is -0.143. The van der Waals surface area contributed by atoms with Crippen LogP contribution in [0.1, 0.15) is 10.4 Å². The van der Waals surface area contributed by atoms with Gasteiger partial charge in [0.1, 0.15) is 0 Å². The van der Waals surface area contributed by atoms with Gasteiger partial charge in [0.25, 0.3) is 5.91 Å². The largest absolute Gasteiger partial charge is 0.398 e. The fraction of sp³-hybridized carbons (Fsp3) is 0.154. The van der Waals surface area contributed by atoms with Gasteiger partial charge in [-0.3, -0.25) is 9.80 Å². The second-order valence-electron chi connectivity index (χ2n) is 3.87. The molecule has 0 saturated carbocycles. The number of nitrogens with one attached hydrogen (secondary N) is 1. The number of amides is 1. The second-order valence-corrected chi connectivity index (χ2v) is 3.87. The number of anilines is 1. The van der Waals surface area contributed by atoms with Gasteiger partial charge in [-0.15, -0.1) is 0 Å². The van der Waals surface area contributed by atoms with E-state index in [4.69, 9.17) is 5.73 Å². The lowest BCUT2D eigenvalue weighted by Gasteiger charge is -2.16. The lowest BCUT2D eigenvalue weighted by atomic mass is 10.0. The van der Waals surface area contributed by atoms with E-state index in [2.05, 4.69) is 5.43 Å². The Morgan fingerprint density at radius 2 is 1.82 bits per heavy atom. The predicted molar refractivity (Wildman–Crippen MR) is 69.5 cm³/mol. The van der Waals surface area contributed by atoms with E-state index < -0.39 is 0 Å². The average Bonchev–Trinajstić information content (AvgIpc) is 2.36. The van der Waals surface area contributed by atoms with Gasteiger partial charge in [-0.05, 0) is 22.9 Å². The molecular formula is C13H15N3O. The summed E-state index contributed by atoms with van der Waals surface area (Å²) in [6, 6.07) is 11.5. The van der Waals surface area contributed by atoms with Crippen LogP contribution >= 0.6 is 0 Å². The smallest absolute Gasteiger partial charge is 0.269 e. The van der Waals surface area contributed by atoms with Crippen LogP contribution in [0.15, 0.2) is 36.4 Å². The van der Waals surface area contributed by atoms with Gasteiger partial charge < -0.3 is 5.73 Å². The molecule has 2 aromatic carbocycles. The van der Waals surface area contributed by atoms with Gasteiger partial charge >= 0.3 is 0 Å². The zero-order valence-corrected chi connectivity index (χ0v) is 9.90. The second kappa shape index (κ2) is 4.43. The summed E-state index contributed by atoms with van der Waals surface area (Å²) in [7, 11) is 3.35. The van der Waals surface area contributed by atoms with E-state index in [1.807, 2.05) is 36.4 Å². The lowest BCUT2D eigenvalue weighted by molar-refractivity contribution is 0.0736. The molecule has 2 aromatic rings. The third kappa shape index (κ3) is 2.07. The fourth-order valence-corrected chi connectivity index (χ4v) is 1.73. The van der Waals surface area contributed by atoms with Crippen molar-refractivity contribution in [1.82, 2.24) is 10.4 Å². The summed E-state index contributed by atoms with van der Waals surface area (Å²) >= 11 is 0. The maximum Gasteiger partial charge on any atom is 0.269 e. The summed E-state index contributed by atoms with van der Waals surface area (Å²) in [6.45, 7) is 0. The Bertz CT molecular complexity index is 566. The highest BCUT2D eigenvalue weighted by molar-refractivity contribution is 6.03. The van der Waals surface area contributed by atoms with E-state index in [1.165, 1.54) is 5.01 Å². The van der Waals surface area contributed by atoms with E-state index in [0.717, 1.165) is 10.8 Å². The molecule has 0 aliphatic heterocycles. The summed E-state index contributed by atoms with van der Waals surface area (Å²) in [5, 5.41) is 3.45. The van der Waals surface area contributed by atoms with Crippen molar-refractivity contribution in [2.75, 3.05) is 19.8 Å². The molecule has 0 fully saturated rings. The molecule has 0 bridgehead atoms. The van der Waals surface area contributed by atoms with E-state index in [1.54, 1.807) is 14.1 Å². The monoisotopic (exact) mass is 229 g/mol. The molecule has 0 saturated heterocycles. The molecule has 88 valence electrons. The molecule has 0 aliphatic carbocycles. The van der Waals surface area contributed by atoms with Gasteiger partial charge in [-0.1, -0.05) is 24.3 Å². The van der Waals surface area contributed by atoms with E-state index in [9.17, 15) is 4.79 Å². The van der Waals surface area contributed by atoms with Gasteiger partial charge in [-0.2, -0.15) is 0 Å². The normalized spacial score (nSPS) is 10.5. The minimum absolute atomic E-state index is 0.143. The Hall–Kier alpha value is -2.07. The quantitative estimate of drug-likeness (QED) is 0.608. The molecule has 4 nitrogen and oxygen atoms in total. The summed E-state index contributed by atoms with van der Waals surface area (Å²) in [4.78, 5) is 12.0. The number of carbonyl (C=O) groups is 1. The molecule has 2 rings (SSSR count). The Balaban J connectivity index is 2.54. The number of hydrogen-bond donors (Lipinski definition) is 2. The SMILES string of the molecule is CNN(C)C(=O)c1cc2ccccc2cc1N. The van der Waals surface area contributed by atoms with Crippen molar-refractivity contribution in [2.24, 2.45) is 0 Å². The van der Waals surface area contributed by atoms with Crippen molar-refractivity contribution in [3.05, 3.63) is 42.0 Å². The minimum Gasteiger partial charge on any atom is -0.398 e. The van der Waals surface area contributed by atoms with Crippen LogP contribution in [-0.2, 0) is 0 Å². The molecular weight excluding hydrogens is 214 g/mol. The van der Waals surface area contributed by atoms with Crippen LogP contribution in [0.3, 0.4) is 0 Å². The highest BCUT2D eigenvalue weighted by Gasteiger charge is 2.14. The predicted octanol–water partition coefficient (Wildman–Crippen LogP) is 1.63. The molecule has 0 aromatic heterocycles. The van der Waals surface area contributed by atoms with Crippen LogP contribution in [0.5, 0.6) is 0 Å². The van der Waals surface area contributed by atoms with Crippen molar-refractivity contribution >= 4 is 22.4 Å². The first-order valence-electron chi connectivity index (χ1n) is 5.37. The maximum atomic E-state index is 12.0. The van der Waals surface area contributed by atoms with Crippen LogP contribution in [0.4, 0.5) is 5.69 Å². The molecule has 0 spiro atoms. The summed E-state index contributed by atoms with van der Waals surface area (Å²) in [6.07, 6.45) is 0. The van der Waals surface area contributed by atoms with Gasteiger partial charge in [0.05, 0.1) is 5.56 Å². The van der Waals surface area contributed by atoms with Crippen molar-refractivity contribution in [3.8, 4) is 0 Å². The standard InChI is InChI=1S/C13H15N3O/c1-15-16(2)13(17)11-7-9-5-3-4-6-10(9)8-12(11)14/h3-8,15H,14H2,1-2H3. The number of hydrazine groups is 1. The number of rotatable bonds is 2. The van der Waals surface area contributed by atoms with Crippen molar-refractivity contribution in [1.29, 1.82) is 0 Å². The number of hydrogen-bond acceptors (Lipinski definition) is 3. The van der Waals surface area contributed by atoms with E-state index >= 15 is 0 Å². The molecule has 0 radical (unpaired) electrons. The number of nitrogens with two attached hydrogens (primary N) is 1. The van der Waals surface area contributed by atoms with Crippen molar-refractivity contribution < 1.29 is 4.79 Å². The zero-order valence-electron chi connectivity index (χ0n) is 9.90. The van der Waals surface area contributed by atoms with Gasteiger partial charge in [-0.25, -0.2) is 5.43 Å². The number of benzene rings is 2. The van der Waals surface area contributed by atoms with Gasteiger partial charge in [0.15, 0.2) is 0 Å². The molecule has 0 unspecified atom stereocenters. The molecule has 0 heterocycles. The van der Waals surface area contributed by atoms with E-state index in [-0.39, 0.29) is 5.91 Å². The third-order valence-corrected chi connectivity index (χ3v) is 2.79. The van der Waals surface area contributed by atoms with Crippen LogP contribution in [0.2, 0.25) is 0 Å². The summed E-state index contributed by atoms with van der Waals surface area (Å²) in [5.74, 6) is -0.143. The van der Waals surface area contributed by atoms with Gasteiger partial charge in [0.2, 0.25) is 0 Å². The topological polar surface area (TPSA) is 58.4 Å². The van der Waals surface area contributed by atoms with Crippen molar-refractivity contribution in [3.63, 3.8) is 0 Å². The first kappa shape index (κ1) is 11.4. The Labute approximate surface area is 100.0 Å². The highest BCUT2D eigenvalue weighted by Crippen LogP contribution is 2.22. The first-order chi connectivity index (χ1) is 8.13. The third-order valence-electron chi connectivity index (χ3n) is 2.79. The molecule has 0 aliphatic rings. The number of fused-ring (bicyclic) bond motifs is 1. The molecule has 4 heteroatoms. The Kier molecular flexibility index (Phi) is 2.97. The Morgan fingerprint density at radius 1 is 1.24 bits per heavy atom. The summed E-state index contributed by atoms with van der Waals surface area (Å²) in [5.41, 5.74) is 9.68. The zero-order chi connectivity index (χ0) is 12.4. The lowest BCUT2D eigenvalue weighted by Crippen LogP contribution is -2.37. The molecule has 17 heavy (non-hydrogen) atoms. The van der Waals surface area contributed by atoms with E-state index in [0.29, 0.717) is 11.3 Å². The summed E-state index contributed by atoms with van der Waals surface area (Å²) < 4.78 is 0. The number of nitrogens with zero attached hydrogens (tertiary/aromatic N) is 1. The van der Waals surface area contributed by atoms with Crippen LogP contribution in [-0.4, -0.2) is 25.0 Å². The molecule has 1 amide bonds.